The number of hydrogen-bond acceptors (Lipinski definition) is 2. The molecule has 0 spiro atoms. The summed E-state index contributed by atoms with van der Waals surface area (Å²) in [6.45, 7) is 1.42. The van der Waals surface area contributed by atoms with Crippen molar-refractivity contribution in [2.45, 2.75) is 6.42 Å². The molecule has 3 nitrogen and oxygen atoms in total. The number of amides is 1. The Bertz CT molecular complexity index is 383. The molecule has 1 aromatic rings. The van der Waals surface area contributed by atoms with Crippen LogP contribution in [0.25, 0.3) is 0 Å². The molecule has 1 unspecified atom stereocenters. The second kappa shape index (κ2) is 4.57. The number of rotatable bonds is 2. The van der Waals surface area contributed by atoms with Crippen LogP contribution in [0, 0.1) is 17.6 Å². The highest BCUT2D eigenvalue weighted by Gasteiger charge is 2.22. The number of hydrogen-bond donors (Lipinski definition) is 2. The number of carbonyl (C=O) groups excluding carboxylic acids is 1. The van der Waals surface area contributed by atoms with E-state index in [9.17, 15) is 13.6 Å². The predicted octanol–water partition coefficient (Wildman–Crippen LogP) is 1.51. The van der Waals surface area contributed by atoms with E-state index in [1.165, 1.54) is 0 Å². The summed E-state index contributed by atoms with van der Waals surface area (Å²) in [7, 11) is 0. The van der Waals surface area contributed by atoms with E-state index in [4.69, 9.17) is 0 Å². The Morgan fingerprint density at radius 2 is 2.00 bits per heavy atom. The Labute approximate surface area is 91.8 Å². The molecule has 16 heavy (non-hydrogen) atoms. The van der Waals surface area contributed by atoms with Gasteiger partial charge in [0.25, 0.3) is 0 Å². The number of nitrogens with one attached hydrogen (secondary N) is 2. The van der Waals surface area contributed by atoms with E-state index in [0.29, 0.717) is 6.54 Å². The lowest BCUT2D eigenvalue weighted by Crippen LogP contribution is -2.24. The van der Waals surface area contributed by atoms with Gasteiger partial charge < -0.3 is 10.6 Å². The molecule has 1 fully saturated rings. The third-order valence-corrected chi connectivity index (χ3v) is 2.56. The molecule has 1 aliphatic rings. The lowest BCUT2D eigenvalue weighted by molar-refractivity contribution is -0.119. The van der Waals surface area contributed by atoms with Crippen LogP contribution in [-0.4, -0.2) is 19.0 Å². The molecule has 0 aliphatic carbocycles. The first kappa shape index (κ1) is 11.0. The zero-order chi connectivity index (χ0) is 11.5. The van der Waals surface area contributed by atoms with E-state index in [1.54, 1.807) is 0 Å². The maximum Gasteiger partial charge on any atom is 0.228 e. The minimum Gasteiger partial charge on any atom is -0.326 e. The third-order valence-electron chi connectivity index (χ3n) is 2.56. The number of halogens is 2. The predicted molar refractivity (Wildman–Crippen MR) is 56.0 cm³/mol. The molecule has 86 valence electrons. The average Bonchev–Trinajstić information content (AvgIpc) is 2.68. The summed E-state index contributed by atoms with van der Waals surface area (Å²) in [5.74, 6) is -1.71. The van der Waals surface area contributed by atoms with Crippen LogP contribution in [0.4, 0.5) is 14.5 Å². The van der Waals surface area contributed by atoms with Crippen LogP contribution in [-0.2, 0) is 4.79 Å². The largest absolute Gasteiger partial charge is 0.326 e. The van der Waals surface area contributed by atoms with Gasteiger partial charge >= 0.3 is 0 Å². The van der Waals surface area contributed by atoms with Crippen LogP contribution in [0.1, 0.15) is 6.42 Å². The first-order valence-electron chi connectivity index (χ1n) is 5.13. The molecular weight excluding hydrogens is 214 g/mol. The van der Waals surface area contributed by atoms with E-state index in [0.717, 1.165) is 31.2 Å². The second-order valence-corrected chi connectivity index (χ2v) is 3.84. The molecule has 1 amide bonds. The van der Waals surface area contributed by atoms with Crippen molar-refractivity contribution in [1.29, 1.82) is 0 Å². The van der Waals surface area contributed by atoms with Crippen molar-refractivity contribution in [2.75, 3.05) is 18.4 Å². The molecule has 2 N–H and O–H groups in total. The maximum absolute atomic E-state index is 12.9. The fourth-order valence-electron chi connectivity index (χ4n) is 1.75. The van der Waals surface area contributed by atoms with Crippen molar-refractivity contribution >= 4 is 11.6 Å². The van der Waals surface area contributed by atoms with Crippen molar-refractivity contribution in [3.05, 3.63) is 29.8 Å². The Hall–Kier alpha value is -1.49. The molecule has 1 atom stereocenters. The zero-order valence-electron chi connectivity index (χ0n) is 8.59. The van der Waals surface area contributed by atoms with Crippen LogP contribution >= 0.6 is 0 Å². The second-order valence-electron chi connectivity index (χ2n) is 3.84. The summed E-state index contributed by atoms with van der Waals surface area (Å²) in [6.07, 6.45) is 0.754. The van der Waals surface area contributed by atoms with Crippen LogP contribution in [0.5, 0.6) is 0 Å². The molecule has 1 aromatic carbocycles. The maximum atomic E-state index is 12.9. The van der Waals surface area contributed by atoms with Gasteiger partial charge in [-0.25, -0.2) is 8.78 Å². The summed E-state index contributed by atoms with van der Waals surface area (Å²) in [5, 5.41) is 5.56. The van der Waals surface area contributed by atoms with Crippen LogP contribution in [0.2, 0.25) is 0 Å². The minimum absolute atomic E-state index is 0.119. The van der Waals surface area contributed by atoms with Crippen molar-refractivity contribution < 1.29 is 13.6 Å². The van der Waals surface area contributed by atoms with Gasteiger partial charge in [-0.1, -0.05) is 0 Å². The SMILES string of the molecule is O=C(Nc1cc(F)cc(F)c1)C1CCNC1. The van der Waals surface area contributed by atoms with Crippen molar-refractivity contribution in [2.24, 2.45) is 5.92 Å². The van der Waals surface area contributed by atoms with E-state index in [2.05, 4.69) is 10.6 Å². The Kier molecular flexibility index (Phi) is 3.14. The van der Waals surface area contributed by atoms with Gasteiger partial charge in [-0.05, 0) is 25.1 Å². The molecule has 1 saturated heterocycles. The Balaban J connectivity index is 2.05. The smallest absolute Gasteiger partial charge is 0.228 e. The summed E-state index contributed by atoms with van der Waals surface area (Å²) in [5.41, 5.74) is 0.161. The van der Waals surface area contributed by atoms with Crippen LogP contribution < -0.4 is 10.6 Å². The van der Waals surface area contributed by atoms with E-state index >= 15 is 0 Å². The highest BCUT2D eigenvalue weighted by atomic mass is 19.1. The zero-order valence-corrected chi connectivity index (χ0v) is 8.59. The van der Waals surface area contributed by atoms with Gasteiger partial charge in [-0.2, -0.15) is 0 Å². The molecule has 5 heteroatoms. The monoisotopic (exact) mass is 226 g/mol. The number of carbonyl (C=O) groups is 1. The van der Waals surface area contributed by atoms with E-state index < -0.39 is 11.6 Å². The average molecular weight is 226 g/mol. The molecule has 0 aromatic heterocycles. The molecule has 0 radical (unpaired) electrons. The van der Waals surface area contributed by atoms with Crippen molar-refractivity contribution in [3.63, 3.8) is 0 Å². The number of benzene rings is 1. The normalized spacial score (nSPS) is 19.8. The highest BCUT2D eigenvalue weighted by molar-refractivity contribution is 5.92. The summed E-state index contributed by atoms with van der Waals surface area (Å²) in [6, 6.07) is 2.97. The lowest BCUT2D eigenvalue weighted by Gasteiger charge is -2.09. The van der Waals surface area contributed by atoms with Crippen molar-refractivity contribution in [1.82, 2.24) is 5.32 Å². The minimum atomic E-state index is -0.695. The molecular formula is C11H12F2N2O. The first-order chi connectivity index (χ1) is 7.65. The summed E-state index contributed by atoms with van der Waals surface area (Å²) < 4.78 is 25.7. The van der Waals surface area contributed by atoms with Gasteiger partial charge in [0.2, 0.25) is 5.91 Å². The van der Waals surface area contributed by atoms with Crippen molar-refractivity contribution in [3.8, 4) is 0 Å². The quantitative estimate of drug-likeness (QED) is 0.802. The third kappa shape index (κ3) is 2.55. The standard InChI is InChI=1S/C11H12F2N2O/c12-8-3-9(13)5-10(4-8)15-11(16)7-1-2-14-6-7/h3-5,7,14H,1-2,6H2,(H,15,16). The van der Waals surface area contributed by atoms with E-state index in [1.807, 2.05) is 0 Å². The first-order valence-corrected chi connectivity index (χ1v) is 5.13. The van der Waals surface area contributed by atoms with Gasteiger partial charge in [0, 0.05) is 18.3 Å². The number of anilines is 1. The fraction of sp³-hybridized carbons (Fsp3) is 0.364. The van der Waals surface area contributed by atoms with Gasteiger partial charge in [0.1, 0.15) is 11.6 Å². The molecule has 2 rings (SSSR count). The van der Waals surface area contributed by atoms with Crippen LogP contribution in [0.15, 0.2) is 18.2 Å². The molecule has 0 bridgehead atoms. The van der Waals surface area contributed by atoms with Crippen LogP contribution in [0.3, 0.4) is 0 Å². The summed E-state index contributed by atoms with van der Waals surface area (Å²) >= 11 is 0. The van der Waals surface area contributed by atoms with Gasteiger partial charge in [-0.15, -0.1) is 0 Å². The van der Waals surface area contributed by atoms with Gasteiger partial charge in [0.05, 0.1) is 5.92 Å². The molecule has 0 saturated carbocycles. The Morgan fingerprint density at radius 3 is 2.56 bits per heavy atom. The molecule has 1 heterocycles. The van der Waals surface area contributed by atoms with Gasteiger partial charge in [0.15, 0.2) is 0 Å². The topological polar surface area (TPSA) is 41.1 Å². The molecule has 1 aliphatic heterocycles. The lowest BCUT2D eigenvalue weighted by atomic mass is 10.1. The Morgan fingerprint density at radius 1 is 1.31 bits per heavy atom. The van der Waals surface area contributed by atoms with Gasteiger partial charge in [-0.3, -0.25) is 4.79 Å². The van der Waals surface area contributed by atoms with E-state index in [-0.39, 0.29) is 17.5 Å². The fourth-order valence-corrected chi connectivity index (χ4v) is 1.75. The highest BCUT2D eigenvalue weighted by Crippen LogP contribution is 2.15. The summed E-state index contributed by atoms with van der Waals surface area (Å²) in [4.78, 5) is 11.6.